The Morgan fingerprint density at radius 2 is 2.38 bits per heavy atom. The van der Waals surface area contributed by atoms with Crippen LogP contribution in [0.4, 0.5) is 0 Å². The number of carbonyl (C=O) groups excluding carboxylic acids is 1. The van der Waals surface area contributed by atoms with Crippen molar-refractivity contribution < 1.29 is 9.53 Å². The molecule has 0 N–H and O–H groups in total. The molecule has 0 aliphatic heterocycles. The topological polar surface area (TPSA) is 39.2 Å². The van der Waals surface area contributed by atoms with Crippen LogP contribution in [0.2, 0.25) is 0 Å². The average molecular weight is 219 g/mol. The molecule has 0 saturated heterocycles. The van der Waals surface area contributed by atoms with Crippen molar-refractivity contribution in [3.05, 3.63) is 35.7 Å². The minimum atomic E-state index is -0.287. The van der Waals surface area contributed by atoms with Gasteiger partial charge in [-0.25, -0.2) is 4.79 Å². The second kappa shape index (κ2) is 6.77. The summed E-state index contributed by atoms with van der Waals surface area (Å²) in [6.07, 6.45) is 8.62. The molecule has 86 valence electrons. The first kappa shape index (κ1) is 12.4. The summed E-state index contributed by atoms with van der Waals surface area (Å²) in [7, 11) is 0. The SMILES string of the molecule is CCCCOC(=O)/C=C/c1ccncc1C. The van der Waals surface area contributed by atoms with Gasteiger partial charge in [0.25, 0.3) is 0 Å². The van der Waals surface area contributed by atoms with Gasteiger partial charge >= 0.3 is 5.97 Å². The predicted octanol–water partition coefficient (Wildman–Crippen LogP) is 2.75. The summed E-state index contributed by atoms with van der Waals surface area (Å²) in [6, 6.07) is 1.87. The van der Waals surface area contributed by atoms with Gasteiger partial charge in [-0.3, -0.25) is 4.98 Å². The van der Waals surface area contributed by atoms with Crippen molar-refractivity contribution in [2.75, 3.05) is 6.61 Å². The Morgan fingerprint density at radius 3 is 3.06 bits per heavy atom. The van der Waals surface area contributed by atoms with E-state index in [1.807, 2.05) is 13.0 Å². The summed E-state index contributed by atoms with van der Waals surface area (Å²) < 4.78 is 5.00. The van der Waals surface area contributed by atoms with E-state index < -0.39 is 0 Å². The zero-order chi connectivity index (χ0) is 11.8. The molecule has 0 fully saturated rings. The van der Waals surface area contributed by atoms with Crippen LogP contribution in [-0.4, -0.2) is 17.6 Å². The van der Waals surface area contributed by atoms with E-state index in [0.29, 0.717) is 6.61 Å². The Balaban J connectivity index is 2.47. The third-order valence-corrected chi connectivity index (χ3v) is 2.20. The lowest BCUT2D eigenvalue weighted by molar-refractivity contribution is -0.137. The Kier molecular flexibility index (Phi) is 5.26. The number of carbonyl (C=O) groups is 1. The molecule has 0 radical (unpaired) electrons. The fraction of sp³-hybridized carbons (Fsp3) is 0.385. The van der Waals surface area contributed by atoms with Gasteiger partial charge in [-0.1, -0.05) is 13.3 Å². The van der Waals surface area contributed by atoms with Crippen molar-refractivity contribution in [3.8, 4) is 0 Å². The maximum absolute atomic E-state index is 11.3. The van der Waals surface area contributed by atoms with Crippen LogP contribution in [0.5, 0.6) is 0 Å². The van der Waals surface area contributed by atoms with E-state index in [0.717, 1.165) is 24.0 Å². The fourth-order valence-electron chi connectivity index (χ4n) is 1.19. The van der Waals surface area contributed by atoms with Gasteiger partial charge in [0, 0.05) is 18.5 Å². The zero-order valence-electron chi connectivity index (χ0n) is 9.77. The van der Waals surface area contributed by atoms with Gasteiger partial charge in [-0.05, 0) is 36.6 Å². The Labute approximate surface area is 96.2 Å². The first-order valence-corrected chi connectivity index (χ1v) is 5.49. The second-order valence-corrected chi connectivity index (χ2v) is 3.59. The van der Waals surface area contributed by atoms with E-state index in [4.69, 9.17) is 4.74 Å². The minimum Gasteiger partial charge on any atom is -0.463 e. The zero-order valence-corrected chi connectivity index (χ0v) is 9.77. The van der Waals surface area contributed by atoms with Gasteiger partial charge < -0.3 is 4.74 Å². The van der Waals surface area contributed by atoms with Crippen LogP contribution in [0.3, 0.4) is 0 Å². The normalized spacial score (nSPS) is 10.6. The van der Waals surface area contributed by atoms with Crippen LogP contribution in [0.1, 0.15) is 30.9 Å². The van der Waals surface area contributed by atoms with Gasteiger partial charge in [0.1, 0.15) is 0 Å². The molecule has 0 unspecified atom stereocenters. The third-order valence-electron chi connectivity index (χ3n) is 2.20. The van der Waals surface area contributed by atoms with Gasteiger partial charge in [0.15, 0.2) is 0 Å². The Hall–Kier alpha value is -1.64. The van der Waals surface area contributed by atoms with Crippen LogP contribution in [-0.2, 0) is 9.53 Å². The quantitative estimate of drug-likeness (QED) is 0.434. The molecule has 0 spiro atoms. The Bertz CT molecular complexity index is 372. The molecule has 1 heterocycles. The molecule has 3 nitrogen and oxygen atoms in total. The van der Waals surface area contributed by atoms with Crippen molar-refractivity contribution in [3.63, 3.8) is 0 Å². The summed E-state index contributed by atoms with van der Waals surface area (Å²) in [4.78, 5) is 15.3. The maximum Gasteiger partial charge on any atom is 0.330 e. The van der Waals surface area contributed by atoms with Crippen LogP contribution >= 0.6 is 0 Å². The first-order chi connectivity index (χ1) is 7.74. The summed E-state index contributed by atoms with van der Waals surface area (Å²) in [5.74, 6) is -0.287. The number of aromatic nitrogens is 1. The number of aryl methyl sites for hydroxylation is 1. The van der Waals surface area contributed by atoms with Crippen LogP contribution in [0, 0.1) is 6.92 Å². The highest BCUT2D eigenvalue weighted by Gasteiger charge is 1.97. The highest BCUT2D eigenvalue weighted by Crippen LogP contribution is 2.07. The third kappa shape index (κ3) is 4.26. The smallest absolute Gasteiger partial charge is 0.330 e. The summed E-state index contributed by atoms with van der Waals surface area (Å²) in [6.45, 7) is 4.51. The molecule has 0 aliphatic rings. The molecule has 1 rings (SSSR count). The number of hydrogen-bond acceptors (Lipinski definition) is 3. The van der Waals surface area contributed by atoms with Crippen molar-refractivity contribution >= 4 is 12.0 Å². The van der Waals surface area contributed by atoms with Gasteiger partial charge in [0.2, 0.25) is 0 Å². The van der Waals surface area contributed by atoms with E-state index >= 15 is 0 Å². The minimum absolute atomic E-state index is 0.287. The molecule has 0 bridgehead atoms. The predicted molar refractivity (Wildman–Crippen MR) is 63.9 cm³/mol. The lowest BCUT2D eigenvalue weighted by atomic mass is 10.1. The fourth-order valence-corrected chi connectivity index (χ4v) is 1.19. The van der Waals surface area contributed by atoms with Crippen molar-refractivity contribution in [2.45, 2.75) is 26.7 Å². The molecule has 0 amide bonds. The molecule has 0 saturated carbocycles. The van der Waals surface area contributed by atoms with Gasteiger partial charge in [-0.15, -0.1) is 0 Å². The van der Waals surface area contributed by atoms with E-state index in [1.165, 1.54) is 6.08 Å². The van der Waals surface area contributed by atoms with Gasteiger partial charge in [0.05, 0.1) is 6.61 Å². The highest BCUT2D eigenvalue weighted by atomic mass is 16.5. The van der Waals surface area contributed by atoms with E-state index in [-0.39, 0.29) is 5.97 Å². The van der Waals surface area contributed by atoms with Crippen LogP contribution in [0.25, 0.3) is 6.08 Å². The monoisotopic (exact) mass is 219 g/mol. The van der Waals surface area contributed by atoms with E-state index in [1.54, 1.807) is 18.5 Å². The second-order valence-electron chi connectivity index (χ2n) is 3.59. The molecular formula is C13H17NO2. The number of pyridine rings is 1. The average Bonchev–Trinajstić information content (AvgIpc) is 2.28. The molecule has 3 heteroatoms. The summed E-state index contributed by atoms with van der Waals surface area (Å²) in [5.41, 5.74) is 2.03. The largest absolute Gasteiger partial charge is 0.463 e. The number of esters is 1. The Morgan fingerprint density at radius 1 is 1.56 bits per heavy atom. The van der Waals surface area contributed by atoms with Gasteiger partial charge in [-0.2, -0.15) is 0 Å². The number of rotatable bonds is 5. The molecule has 1 aromatic heterocycles. The van der Waals surface area contributed by atoms with Crippen molar-refractivity contribution in [2.24, 2.45) is 0 Å². The number of ether oxygens (including phenoxy) is 1. The molecular weight excluding hydrogens is 202 g/mol. The first-order valence-electron chi connectivity index (χ1n) is 5.49. The van der Waals surface area contributed by atoms with Crippen LogP contribution in [0.15, 0.2) is 24.5 Å². The summed E-state index contributed by atoms with van der Waals surface area (Å²) in [5, 5.41) is 0. The van der Waals surface area contributed by atoms with Crippen molar-refractivity contribution in [1.29, 1.82) is 0 Å². The number of nitrogens with zero attached hydrogens (tertiary/aromatic N) is 1. The molecule has 1 aromatic rings. The van der Waals surface area contributed by atoms with E-state index in [9.17, 15) is 4.79 Å². The lowest BCUT2D eigenvalue weighted by Gasteiger charge is -2.00. The molecule has 0 atom stereocenters. The molecule has 0 aliphatic carbocycles. The highest BCUT2D eigenvalue weighted by molar-refractivity contribution is 5.87. The van der Waals surface area contributed by atoms with Crippen molar-refractivity contribution in [1.82, 2.24) is 4.98 Å². The maximum atomic E-state index is 11.3. The molecule has 0 aromatic carbocycles. The molecule has 16 heavy (non-hydrogen) atoms. The lowest BCUT2D eigenvalue weighted by Crippen LogP contribution is -2.01. The van der Waals surface area contributed by atoms with Crippen LogP contribution < -0.4 is 0 Å². The summed E-state index contributed by atoms with van der Waals surface area (Å²) >= 11 is 0. The number of hydrogen-bond donors (Lipinski definition) is 0. The van der Waals surface area contributed by atoms with E-state index in [2.05, 4.69) is 11.9 Å². The standard InChI is InChI=1S/C13H17NO2/c1-3-4-9-16-13(15)6-5-12-7-8-14-10-11(12)2/h5-8,10H,3-4,9H2,1-2H3/b6-5+. The number of unbranched alkanes of at least 4 members (excludes halogenated alkanes) is 1.